The van der Waals surface area contributed by atoms with E-state index in [0.29, 0.717) is 12.0 Å². The first-order valence-corrected chi connectivity index (χ1v) is 10.2. The van der Waals surface area contributed by atoms with E-state index < -0.39 is 0 Å². The Morgan fingerprint density at radius 1 is 1.03 bits per heavy atom. The molecule has 8 heteroatoms. The maximum Gasteiger partial charge on any atom is 0.224 e. The summed E-state index contributed by atoms with van der Waals surface area (Å²) in [5, 5.41) is 7.43. The van der Waals surface area contributed by atoms with Gasteiger partial charge in [0.05, 0.1) is 11.0 Å². The van der Waals surface area contributed by atoms with Crippen LogP contribution in [0.25, 0.3) is 33.2 Å². The number of aromatic amines is 1. The minimum atomic E-state index is 0.0428. The maximum absolute atomic E-state index is 11.2. The van der Waals surface area contributed by atoms with Crippen LogP contribution in [0.15, 0.2) is 43.0 Å². The van der Waals surface area contributed by atoms with Crippen LogP contribution in [0.3, 0.4) is 0 Å². The van der Waals surface area contributed by atoms with Gasteiger partial charge in [-0.3, -0.25) is 14.8 Å². The van der Waals surface area contributed by atoms with Crippen molar-refractivity contribution in [3.8, 4) is 11.1 Å². The van der Waals surface area contributed by atoms with Crippen molar-refractivity contribution in [1.29, 1.82) is 0 Å². The number of carbonyl (C=O) groups excluding carboxylic acids is 1. The summed E-state index contributed by atoms with van der Waals surface area (Å²) in [6, 6.07) is 6.65. The minimum Gasteiger partial charge on any atom is -0.354 e. The predicted molar refractivity (Wildman–Crippen MR) is 116 cm³/mol. The molecule has 8 nitrogen and oxygen atoms in total. The number of fused-ring (bicyclic) bond motifs is 2. The number of amides is 1. The number of nitrogens with one attached hydrogen (secondary N) is 3. The molecule has 30 heavy (non-hydrogen) atoms. The number of rotatable bonds is 4. The summed E-state index contributed by atoms with van der Waals surface area (Å²) >= 11 is 0. The van der Waals surface area contributed by atoms with Crippen LogP contribution in [-0.4, -0.2) is 42.9 Å². The highest BCUT2D eigenvalue weighted by Gasteiger charge is 2.22. The topological polar surface area (TPSA) is 108 Å². The second kappa shape index (κ2) is 7.70. The Kier molecular flexibility index (Phi) is 4.74. The van der Waals surface area contributed by atoms with Crippen molar-refractivity contribution in [3.05, 3.63) is 43.0 Å². The zero-order valence-corrected chi connectivity index (χ0v) is 16.7. The van der Waals surface area contributed by atoms with Gasteiger partial charge in [-0.05, 0) is 43.4 Å². The molecular weight excluding hydrogens is 378 g/mol. The fourth-order valence-electron chi connectivity index (χ4n) is 4.20. The summed E-state index contributed by atoms with van der Waals surface area (Å²) in [5.74, 6) is 0.671. The lowest BCUT2D eigenvalue weighted by atomic mass is 9.91. The van der Waals surface area contributed by atoms with Crippen molar-refractivity contribution in [2.45, 2.75) is 44.7 Å². The van der Waals surface area contributed by atoms with Crippen LogP contribution in [0.5, 0.6) is 0 Å². The van der Waals surface area contributed by atoms with Crippen LogP contribution in [0.2, 0.25) is 0 Å². The van der Waals surface area contributed by atoms with E-state index in [-0.39, 0.29) is 11.9 Å². The number of hydrogen-bond donors (Lipinski definition) is 3. The van der Waals surface area contributed by atoms with Gasteiger partial charge in [0, 0.05) is 54.7 Å². The highest BCUT2D eigenvalue weighted by atomic mass is 16.1. The van der Waals surface area contributed by atoms with Crippen molar-refractivity contribution < 1.29 is 4.79 Å². The number of H-pyrrole nitrogens is 1. The summed E-state index contributed by atoms with van der Waals surface area (Å²) in [6.45, 7) is 1.57. The van der Waals surface area contributed by atoms with E-state index in [1.54, 1.807) is 19.3 Å². The average Bonchev–Trinajstić information content (AvgIpc) is 3.18. The monoisotopic (exact) mass is 401 g/mol. The average molecular weight is 401 g/mol. The number of anilines is 1. The summed E-state index contributed by atoms with van der Waals surface area (Å²) in [6.07, 6.45) is 11.1. The van der Waals surface area contributed by atoms with Gasteiger partial charge in [0.1, 0.15) is 5.65 Å². The van der Waals surface area contributed by atoms with Crippen LogP contribution >= 0.6 is 0 Å². The highest BCUT2D eigenvalue weighted by molar-refractivity contribution is 5.95. The van der Waals surface area contributed by atoms with Gasteiger partial charge in [-0.2, -0.15) is 4.98 Å². The molecule has 152 valence electrons. The molecule has 0 spiro atoms. The number of benzene rings is 1. The Balaban J connectivity index is 1.33. The molecule has 4 aromatic rings. The minimum absolute atomic E-state index is 0.0428. The number of aromatic nitrogens is 5. The van der Waals surface area contributed by atoms with Crippen LogP contribution in [0.4, 0.5) is 5.95 Å². The zero-order chi connectivity index (χ0) is 20.5. The standard InChI is InChI=1S/C22H23N7O/c1-13(30)27-15-3-5-16(6-4-15)28-22-26-12-18-17(11-25-21(18)29-22)14-2-7-19-20(10-14)24-9-8-23-19/h2,7-12,15-16H,3-6H2,1H3,(H,27,30)(H2,25,26,28,29)/t15-,16+. The molecule has 0 saturated heterocycles. The molecule has 3 aromatic heterocycles. The molecule has 0 unspecified atom stereocenters. The lowest BCUT2D eigenvalue weighted by Crippen LogP contribution is -2.39. The van der Waals surface area contributed by atoms with E-state index in [1.807, 2.05) is 30.6 Å². The molecule has 5 rings (SSSR count). The van der Waals surface area contributed by atoms with Crippen LogP contribution < -0.4 is 10.6 Å². The SMILES string of the molecule is CC(=O)N[C@H]1CC[C@@H](Nc2ncc3c(-c4ccc5nccnc5c4)c[nH]c3n2)CC1. The molecular formula is C22H23N7O. The smallest absolute Gasteiger partial charge is 0.224 e. The third-order valence-electron chi connectivity index (χ3n) is 5.68. The Morgan fingerprint density at radius 3 is 2.60 bits per heavy atom. The van der Waals surface area contributed by atoms with Crippen molar-refractivity contribution in [3.63, 3.8) is 0 Å². The molecule has 3 heterocycles. The van der Waals surface area contributed by atoms with E-state index in [4.69, 9.17) is 0 Å². The van der Waals surface area contributed by atoms with Crippen molar-refractivity contribution >= 4 is 33.9 Å². The highest BCUT2D eigenvalue weighted by Crippen LogP contribution is 2.30. The quantitative estimate of drug-likeness (QED) is 0.483. The van der Waals surface area contributed by atoms with Gasteiger partial charge in [-0.25, -0.2) is 4.98 Å². The van der Waals surface area contributed by atoms with E-state index in [2.05, 4.69) is 35.6 Å². The van der Waals surface area contributed by atoms with Gasteiger partial charge in [-0.1, -0.05) is 6.07 Å². The largest absolute Gasteiger partial charge is 0.354 e. The fraction of sp³-hybridized carbons (Fsp3) is 0.318. The van der Waals surface area contributed by atoms with Gasteiger partial charge < -0.3 is 15.6 Å². The second-order valence-electron chi connectivity index (χ2n) is 7.81. The third-order valence-corrected chi connectivity index (χ3v) is 5.68. The first-order chi connectivity index (χ1) is 14.7. The molecule has 0 radical (unpaired) electrons. The first-order valence-electron chi connectivity index (χ1n) is 10.2. The van der Waals surface area contributed by atoms with Crippen LogP contribution in [-0.2, 0) is 4.79 Å². The molecule has 1 aliphatic rings. The normalized spacial score (nSPS) is 19.1. The van der Waals surface area contributed by atoms with Crippen molar-refractivity contribution in [2.24, 2.45) is 0 Å². The van der Waals surface area contributed by atoms with E-state index in [0.717, 1.165) is 58.9 Å². The van der Waals surface area contributed by atoms with E-state index in [9.17, 15) is 4.79 Å². The molecule has 1 aliphatic carbocycles. The molecule has 3 N–H and O–H groups in total. The van der Waals surface area contributed by atoms with Crippen LogP contribution in [0.1, 0.15) is 32.6 Å². The molecule has 1 aromatic carbocycles. The fourth-order valence-corrected chi connectivity index (χ4v) is 4.20. The van der Waals surface area contributed by atoms with E-state index >= 15 is 0 Å². The molecule has 1 amide bonds. The lowest BCUT2D eigenvalue weighted by Gasteiger charge is -2.29. The summed E-state index contributed by atoms with van der Waals surface area (Å²) in [7, 11) is 0. The summed E-state index contributed by atoms with van der Waals surface area (Å²) in [4.78, 5) is 32.4. The molecule has 0 aliphatic heterocycles. The molecule has 0 bridgehead atoms. The Hall–Kier alpha value is -3.55. The molecule has 1 saturated carbocycles. The molecule has 0 atom stereocenters. The predicted octanol–water partition coefficient (Wildman–Crippen LogP) is 3.43. The lowest BCUT2D eigenvalue weighted by molar-refractivity contribution is -0.119. The maximum atomic E-state index is 11.2. The summed E-state index contributed by atoms with van der Waals surface area (Å²) in [5.41, 5.74) is 4.62. The third kappa shape index (κ3) is 3.68. The van der Waals surface area contributed by atoms with E-state index in [1.165, 1.54) is 0 Å². The van der Waals surface area contributed by atoms with Gasteiger partial charge in [0.2, 0.25) is 11.9 Å². The summed E-state index contributed by atoms with van der Waals surface area (Å²) < 4.78 is 0. The zero-order valence-electron chi connectivity index (χ0n) is 16.7. The Bertz CT molecular complexity index is 1210. The second-order valence-corrected chi connectivity index (χ2v) is 7.81. The Morgan fingerprint density at radius 2 is 1.80 bits per heavy atom. The number of hydrogen-bond acceptors (Lipinski definition) is 6. The number of nitrogens with zero attached hydrogens (tertiary/aromatic N) is 4. The van der Waals surface area contributed by atoms with Gasteiger partial charge >= 0.3 is 0 Å². The van der Waals surface area contributed by atoms with Gasteiger partial charge in [0.25, 0.3) is 0 Å². The van der Waals surface area contributed by atoms with Crippen LogP contribution in [0, 0.1) is 0 Å². The molecule has 1 fully saturated rings. The first kappa shape index (κ1) is 18.5. The van der Waals surface area contributed by atoms with Crippen molar-refractivity contribution in [2.75, 3.05) is 5.32 Å². The number of carbonyl (C=O) groups is 1. The van der Waals surface area contributed by atoms with Crippen molar-refractivity contribution in [1.82, 2.24) is 30.2 Å². The Labute approximate surface area is 173 Å². The van der Waals surface area contributed by atoms with Gasteiger partial charge in [-0.15, -0.1) is 0 Å². The van der Waals surface area contributed by atoms with Gasteiger partial charge in [0.15, 0.2) is 0 Å².